The first-order chi connectivity index (χ1) is 9.10. The van der Waals surface area contributed by atoms with Crippen LogP contribution >= 0.6 is 15.9 Å². The van der Waals surface area contributed by atoms with Crippen LogP contribution in [0.25, 0.3) is 0 Å². The molecule has 1 amide bonds. The van der Waals surface area contributed by atoms with Crippen LogP contribution in [0.1, 0.15) is 10.4 Å². The number of nitrogens with zero attached hydrogens (tertiary/aromatic N) is 2. The molecule has 0 radical (unpaired) electrons. The third-order valence-electron chi connectivity index (χ3n) is 3.19. The molecule has 2 rings (SSSR count). The Morgan fingerprint density at radius 3 is 2.53 bits per heavy atom. The van der Waals surface area contributed by atoms with Gasteiger partial charge in [-0.25, -0.2) is 4.39 Å². The maximum Gasteiger partial charge on any atom is 0.254 e. The maximum atomic E-state index is 13.3. The second-order valence-corrected chi connectivity index (χ2v) is 5.43. The number of β-amino-alcohol motifs (C(OH)–C–C–N with tert-alkyl or cyclic N) is 1. The van der Waals surface area contributed by atoms with Crippen molar-refractivity contribution in [3.8, 4) is 0 Å². The highest BCUT2D eigenvalue weighted by Gasteiger charge is 2.22. The molecule has 0 unspecified atom stereocenters. The molecule has 1 saturated heterocycles. The first-order valence-electron chi connectivity index (χ1n) is 6.19. The van der Waals surface area contributed by atoms with E-state index in [1.807, 2.05) is 0 Å². The first kappa shape index (κ1) is 14.4. The fourth-order valence-electron chi connectivity index (χ4n) is 2.18. The molecule has 0 bridgehead atoms. The molecule has 1 aromatic carbocycles. The van der Waals surface area contributed by atoms with Crippen molar-refractivity contribution in [2.45, 2.75) is 0 Å². The van der Waals surface area contributed by atoms with E-state index in [1.54, 1.807) is 11.0 Å². The summed E-state index contributed by atoms with van der Waals surface area (Å²) in [6.45, 7) is 3.45. The van der Waals surface area contributed by atoms with Crippen LogP contribution in [0.3, 0.4) is 0 Å². The van der Waals surface area contributed by atoms with Crippen LogP contribution in [0.5, 0.6) is 0 Å². The summed E-state index contributed by atoms with van der Waals surface area (Å²) in [6.07, 6.45) is 0. The van der Waals surface area contributed by atoms with Crippen molar-refractivity contribution in [3.63, 3.8) is 0 Å². The fraction of sp³-hybridized carbons (Fsp3) is 0.462. The highest BCUT2D eigenvalue weighted by Crippen LogP contribution is 2.17. The largest absolute Gasteiger partial charge is 0.395 e. The van der Waals surface area contributed by atoms with Gasteiger partial charge in [-0.2, -0.15) is 0 Å². The number of amides is 1. The molecule has 1 aliphatic rings. The minimum Gasteiger partial charge on any atom is -0.395 e. The van der Waals surface area contributed by atoms with Gasteiger partial charge in [-0.1, -0.05) is 15.9 Å². The SMILES string of the molecule is O=C(c1cc(F)cc(Br)c1)N1CCN(CCO)CC1. The number of benzene rings is 1. The van der Waals surface area contributed by atoms with Gasteiger partial charge in [-0.3, -0.25) is 9.69 Å². The molecule has 1 aliphatic heterocycles. The van der Waals surface area contributed by atoms with E-state index in [1.165, 1.54) is 12.1 Å². The summed E-state index contributed by atoms with van der Waals surface area (Å²) in [5.74, 6) is -0.569. The quantitative estimate of drug-likeness (QED) is 0.909. The van der Waals surface area contributed by atoms with Crippen LogP contribution in [-0.4, -0.2) is 60.1 Å². The highest BCUT2D eigenvalue weighted by atomic mass is 79.9. The Morgan fingerprint density at radius 2 is 1.95 bits per heavy atom. The second-order valence-electron chi connectivity index (χ2n) is 4.52. The smallest absolute Gasteiger partial charge is 0.254 e. The lowest BCUT2D eigenvalue weighted by Crippen LogP contribution is -2.49. The van der Waals surface area contributed by atoms with E-state index in [2.05, 4.69) is 20.8 Å². The van der Waals surface area contributed by atoms with Gasteiger partial charge in [0.05, 0.1) is 6.61 Å². The molecule has 0 saturated carbocycles. The highest BCUT2D eigenvalue weighted by molar-refractivity contribution is 9.10. The number of carbonyl (C=O) groups excluding carboxylic acids is 1. The summed E-state index contributed by atoms with van der Waals surface area (Å²) in [5.41, 5.74) is 0.363. The van der Waals surface area contributed by atoms with Crippen molar-refractivity contribution < 1.29 is 14.3 Å². The van der Waals surface area contributed by atoms with Crippen LogP contribution in [-0.2, 0) is 0 Å². The van der Waals surface area contributed by atoms with Gasteiger partial charge in [0, 0.05) is 42.8 Å². The van der Waals surface area contributed by atoms with E-state index in [4.69, 9.17) is 5.11 Å². The van der Waals surface area contributed by atoms with Gasteiger partial charge in [0.1, 0.15) is 5.82 Å². The topological polar surface area (TPSA) is 43.8 Å². The lowest BCUT2D eigenvalue weighted by Gasteiger charge is -2.34. The first-order valence-corrected chi connectivity index (χ1v) is 6.98. The van der Waals surface area contributed by atoms with Gasteiger partial charge >= 0.3 is 0 Å². The number of halogens is 2. The third kappa shape index (κ3) is 3.75. The summed E-state index contributed by atoms with van der Waals surface area (Å²) >= 11 is 3.19. The summed E-state index contributed by atoms with van der Waals surface area (Å²) in [7, 11) is 0. The van der Waals surface area contributed by atoms with E-state index in [9.17, 15) is 9.18 Å². The second kappa shape index (κ2) is 6.45. The lowest BCUT2D eigenvalue weighted by atomic mass is 10.1. The van der Waals surface area contributed by atoms with Crippen molar-refractivity contribution in [1.82, 2.24) is 9.80 Å². The Balaban J connectivity index is 2.01. The van der Waals surface area contributed by atoms with Gasteiger partial charge in [-0.15, -0.1) is 0 Å². The molecule has 1 fully saturated rings. The van der Waals surface area contributed by atoms with Crippen LogP contribution < -0.4 is 0 Å². The molecule has 1 aromatic rings. The van der Waals surface area contributed by atoms with Crippen molar-refractivity contribution in [2.75, 3.05) is 39.3 Å². The monoisotopic (exact) mass is 330 g/mol. The number of hydrogen-bond donors (Lipinski definition) is 1. The van der Waals surface area contributed by atoms with Crippen molar-refractivity contribution in [1.29, 1.82) is 0 Å². The minimum atomic E-state index is -0.420. The number of carbonyl (C=O) groups is 1. The standard InChI is InChI=1S/C13H16BrFN2O2/c14-11-7-10(8-12(15)9-11)13(19)17-3-1-16(2-4-17)5-6-18/h7-9,18H,1-6H2. The summed E-state index contributed by atoms with van der Waals surface area (Å²) in [5, 5.41) is 8.86. The number of rotatable bonds is 3. The predicted molar refractivity (Wildman–Crippen MR) is 73.5 cm³/mol. The summed E-state index contributed by atoms with van der Waals surface area (Å²) in [4.78, 5) is 16.1. The number of aliphatic hydroxyl groups excluding tert-OH is 1. The fourth-order valence-corrected chi connectivity index (χ4v) is 2.64. The van der Waals surface area contributed by atoms with Crippen molar-refractivity contribution in [3.05, 3.63) is 34.1 Å². The van der Waals surface area contributed by atoms with E-state index in [-0.39, 0.29) is 12.5 Å². The Labute approximate surface area is 119 Å². The zero-order chi connectivity index (χ0) is 13.8. The average Bonchev–Trinajstić information content (AvgIpc) is 2.38. The van der Waals surface area contributed by atoms with Crippen LogP contribution in [0, 0.1) is 5.82 Å². The molecule has 0 atom stereocenters. The maximum absolute atomic E-state index is 13.3. The van der Waals surface area contributed by atoms with Crippen LogP contribution in [0.4, 0.5) is 4.39 Å². The third-order valence-corrected chi connectivity index (χ3v) is 3.64. The molecule has 1 N–H and O–H groups in total. The Morgan fingerprint density at radius 1 is 1.26 bits per heavy atom. The molecule has 0 spiro atoms. The molecule has 6 heteroatoms. The molecular weight excluding hydrogens is 315 g/mol. The predicted octanol–water partition coefficient (Wildman–Crippen LogP) is 1.34. The Bertz CT molecular complexity index is 442. The lowest BCUT2D eigenvalue weighted by molar-refractivity contribution is 0.0614. The molecule has 19 heavy (non-hydrogen) atoms. The van der Waals surface area contributed by atoms with Crippen LogP contribution in [0.15, 0.2) is 22.7 Å². The summed E-state index contributed by atoms with van der Waals surface area (Å²) < 4.78 is 13.8. The normalized spacial score (nSPS) is 16.7. The van der Waals surface area contributed by atoms with E-state index in [0.717, 1.165) is 13.1 Å². The molecular formula is C13H16BrFN2O2. The number of hydrogen-bond acceptors (Lipinski definition) is 3. The minimum absolute atomic E-state index is 0.130. The molecule has 104 valence electrons. The van der Waals surface area contributed by atoms with Gasteiger partial charge in [0.15, 0.2) is 0 Å². The van der Waals surface area contributed by atoms with E-state index in [0.29, 0.717) is 29.7 Å². The molecule has 0 aliphatic carbocycles. The van der Waals surface area contributed by atoms with Gasteiger partial charge in [-0.05, 0) is 18.2 Å². The van der Waals surface area contributed by atoms with Gasteiger partial charge in [0.25, 0.3) is 5.91 Å². The van der Waals surface area contributed by atoms with Gasteiger partial charge in [0.2, 0.25) is 0 Å². The van der Waals surface area contributed by atoms with Crippen molar-refractivity contribution >= 4 is 21.8 Å². The molecule has 4 nitrogen and oxygen atoms in total. The Kier molecular flexibility index (Phi) is 4.90. The van der Waals surface area contributed by atoms with Crippen molar-refractivity contribution in [2.24, 2.45) is 0 Å². The van der Waals surface area contributed by atoms with Crippen LogP contribution in [0.2, 0.25) is 0 Å². The van der Waals surface area contributed by atoms with Gasteiger partial charge < -0.3 is 10.0 Å². The average molecular weight is 331 g/mol. The Hall–Kier alpha value is -0.980. The number of piperazine rings is 1. The zero-order valence-corrected chi connectivity index (χ0v) is 12.1. The molecule has 0 aromatic heterocycles. The number of aliphatic hydroxyl groups is 1. The zero-order valence-electron chi connectivity index (χ0n) is 10.5. The van der Waals surface area contributed by atoms with E-state index < -0.39 is 5.82 Å². The van der Waals surface area contributed by atoms with E-state index >= 15 is 0 Å². The summed E-state index contributed by atoms with van der Waals surface area (Å²) in [6, 6.07) is 4.22. The molecule has 1 heterocycles.